The molecule has 0 aliphatic carbocycles. The van der Waals surface area contributed by atoms with Gasteiger partial charge in [0.25, 0.3) is 0 Å². The minimum Gasteiger partial charge on any atom is -0.481 e. The highest BCUT2D eigenvalue weighted by Crippen LogP contribution is 2.37. The summed E-state index contributed by atoms with van der Waals surface area (Å²) in [5.74, 6) is -1.52. The van der Waals surface area contributed by atoms with E-state index in [1.54, 1.807) is 23.5 Å². The molecule has 0 aliphatic rings. The predicted octanol–water partition coefficient (Wildman–Crippen LogP) is 8.89. The topological polar surface area (TPSA) is 50.2 Å². The Balaban J connectivity index is 0.00000167. The van der Waals surface area contributed by atoms with Crippen LogP contribution in [-0.2, 0) is 11.0 Å². The number of aliphatic carboxylic acids is 1. The molecule has 0 radical (unpaired) electrons. The molecular formula is C28H28F3NO2S. The van der Waals surface area contributed by atoms with Crippen molar-refractivity contribution >= 4 is 27.4 Å². The summed E-state index contributed by atoms with van der Waals surface area (Å²) in [5, 5.41) is 10.9. The smallest absolute Gasteiger partial charge is 0.416 e. The van der Waals surface area contributed by atoms with Crippen LogP contribution >= 0.6 is 11.3 Å². The number of hydrogen-bond donors (Lipinski definition) is 1. The van der Waals surface area contributed by atoms with Crippen molar-refractivity contribution in [1.29, 1.82) is 0 Å². The minimum atomic E-state index is -4.43. The number of hydrogen-bond acceptors (Lipinski definition) is 3. The van der Waals surface area contributed by atoms with Gasteiger partial charge in [-0.05, 0) is 59.7 Å². The third-order valence-electron chi connectivity index (χ3n) is 5.44. The van der Waals surface area contributed by atoms with Crippen LogP contribution in [0.4, 0.5) is 13.2 Å². The highest BCUT2D eigenvalue weighted by Gasteiger charge is 2.30. The molecule has 4 rings (SSSR count). The van der Waals surface area contributed by atoms with Crippen LogP contribution in [0.1, 0.15) is 51.2 Å². The Bertz CT molecular complexity index is 1260. The van der Waals surface area contributed by atoms with Crippen molar-refractivity contribution in [2.75, 3.05) is 0 Å². The molecule has 0 amide bonds. The summed E-state index contributed by atoms with van der Waals surface area (Å²) in [7, 11) is 0. The molecule has 0 aliphatic heterocycles. The highest BCUT2D eigenvalue weighted by atomic mass is 32.1. The Morgan fingerprint density at radius 2 is 1.60 bits per heavy atom. The SMILES string of the molecule is CC.CC(C)CC(C(=O)O)c1cc(-c2ccc(C(F)(F)F)cc2)nc(-c2cc3ccccc3s2)c1. The van der Waals surface area contributed by atoms with Crippen molar-refractivity contribution in [3.8, 4) is 21.8 Å². The Labute approximate surface area is 207 Å². The van der Waals surface area contributed by atoms with Gasteiger partial charge < -0.3 is 5.11 Å². The number of pyridine rings is 1. The van der Waals surface area contributed by atoms with Crippen LogP contribution in [0, 0.1) is 5.92 Å². The van der Waals surface area contributed by atoms with E-state index in [4.69, 9.17) is 4.98 Å². The molecule has 7 heteroatoms. The van der Waals surface area contributed by atoms with Crippen molar-refractivity contribution in [3.05, 3.63) is 77.9 Å². The fourth-order valence-corrected chi connectivity index (χ4v) is 4.84. The zero-order valence-electron chi connectivity index (χ0n) is 20.1. The van der Waals surface area contributed by atoms with Gasteiger partial charge in [-0.25, -0.2) is 4.98 Å². The standard InChI is InChI=1S/C26H22F3NO2S.C2H6/c1-15(2)11-20(25(31)32)18-12-21(16-7-9-19(10-8-16)26(27,28)29)30-22(13-18)24-14-17-5-3-4-6-23(17)33-24;1-2/h3-10,12-15,20H,11H2,1-2H3,(H,31,32);1-2H3. The van der Waals surface area contributed by atoms with E-state index in [1.165, 1.54) is 12.1 Å². The van der Waals surface area contributed by atoms with Crippen molar-refractivity contribution in [2.24, 2.45) is 5.92 Å². The Kier molecular flexibility index (Phi) is 8.33. The lowest BCUT2D eigenvalue weighted by Crippen LogP contribution is -2.14. The second-order valence-corrected chi connectivity index (χ2v) is 9.50. The lowest BCUT2D eigenvalue weighted by atomic mass is 9.89. The van der Waals surface area contributed by atoms with Gasteiger partial charge >= 0.3 is 12.1 Å². The van der Waals surface area contributed by atoms with Crippen molar-refractivity contribution in [3.63, 3.8) is 0 Å². The quantitative estimate of drug-likeness (QED) is 0.288. The first-order valence-electron chi connectivity index (χ1n) is 11.5. The molecule has 2 aromatic heterocycles. The maximum Gasteiger partial charge on any atom is 0.416 e. The molecule has 35 heavy (non-hydrogen) atoms. The Hall–Kier alpha value is -3.19. The number of rotatable bonds is 6. The summed E-state index contributed by atoms with van der Waals surface area (Å²) in [6.45, 7) is 7.92. The fraction of sp³-hybridized carbons (Fsp3) is 0.286. The van der Waals surface area contributed by atoms with Crippen molar-refractivity contribution in [1.82, 2.24) is 4.98 Å². The van der Waals surface area contributed by atoms with Crippen LogP contribution in [-0.4, -0.2) is 16.1 Å². The van der Waals surface area contributed by atoms with Gasteiger partial charge in [-0.15, -0.1) is 11.3 Å². The van der Waals surface area contributed by atoms with Crippen molar-refractivity contribution < 1.29 is 23.1 Å². The normalized spacial score (nSPS) is 12.3. The molecule has 0 fully saturated rings. The molecule has 0 saturated heterocycles. The summed E-state index contributed by atoms with van der Waals surface area (Å²) < 4.78 is 40.1. The lowest BCUT2D eigenvalue weighted by molar-refractivity contribution is -0.139. The van der Waals surface area contributed by atoms with Crippen LogP contribution in [0.25, 0.3) is 31.9 Å². The van der Waals surface area contributed by atoms with Crippen LogP contribution in [0.15, 0.2) is 66.7 Å². The van der Waals surface area contributed by atoms with Crippen LogP contribution in [0.5, 0.6) is 0 Å². The van der Waals surface area contributed by atoms with E-state index in [-0.39, 0.29) is 5.92 Å². The van der Waals surface area contributed by atoms with E-state index < -0.39 is 23.6 Å². The molecule has 0 spiro atoms. The van der Waals surface area contributed by atoms with Crippen molar-refractivity contribution in [2.45, 2.75) is 46.2 Å². The molecule has 0 bridgehead atoms. The second-order valence-electron chi connectivity index (χ2n) is 8.41. The van der Waals surface area contributed by atoms with Crippen LogP contribution < -0.4 is 0 Å². The Morgan fingerprint density at radius 3 is 2.17 bits per heavy atom. The first kappa shape index (κ1) is 26.4. The summed E-state index contributed by atoms with van der Waals surface area (Å²) in [5.41, 5.74) is 1.41. The average molecular weight is 500 g/mol. The van der Waals surface area contributed by atoms with Gasteiger partial charge in [0, 0.05) is 10.3 Å². The van der Waals surface area contributed by atoms with Gasteiger partial charge in [0.15, 0.2) is 0 Å². The van der Waals surface area contributed by atoms with Gasteiger partial charge in [0.2, 0.25) is 0 Å². The molecule has 1 atom stereocenters. The van der Waals surface area contributed by atoms with Gasteiger partial charge in [-0.2, -0.15) is 13.2 Å². The number of fused-ring (bicyclic) bond motifs is 1. The highest BCUT2D eigenvalue weighted by molar-refractivity contribution is 7.22. The molecule has 1 N–H and O–H groups in total. The zero-order valence-corrected chi connectivity index (χ0v) is 20.9. The third kappa shape index (κ3) is 6.28. The summed E-state index contributed by atoms with van der Waals surface area (Å²) >= 11 is 1.54. The number of halogens is 3. The molecule has 2 aromatic carbocycles. The first-order chi connectivity index (χ1) is 16.6. The number of carbonyl (C=O) groups is 1. The fourth-order valence-electron chi connectivity index (χ4n) is 3.82. The van der Waals surface area contributed by atoms with E-state index in [1.807, 2.05) is 58.0 Å². The maximum atomic E-state index is 13.0. The first-order valence-corrected chi connectivity index (χ1v) is 12.3. The maximum absolute atomic E-state index is 13.0. The molecule has 184 valence electrons. The van der Waals surface area contributed by atoms with Gasteiger partial charge in [-0.3, -0.25) is 4.79 Å². The zero-order chi connectivity index (χ0) is 25.8. The second kappa shape index (κ2) is 11.0. The number of nitrogens with zero attached hydrogens (tertiary/aromatic N) is 1. The molecule has 2 heterocycles. The number of benzene rings is 2. The third-order valence-corrected chi connectivity index (χ3v) is 6.58. The van der Waals surface area contributed by atoms with Gasteiger partial charge in [0.05, 0.1) is 27.7 Å². The molecule has 3 nitrogen and oxygen atoms in total. The number of alkyl halides is 3. The molecule has 1 unspecified atom stereocenters. The van der Waals surface area contributed by atoms with E-state index >= 15 is 0 Å². The molecular weight excluding hydrogens is 471 g/mol. The van der Waals surface area contributed by atoms with Crippen LogP contribution in [0.3, 0.4) is 0 Å². The van der Waals surface area contributed by atoms with E-state index in [9.17, 15) is 23.1 Å². The summed E-state index contributed by atoms with van der Waals surface area (Å²) in [6.07, 6.45) is -3.99. The van der Waals surface area contributed by atoms with Gasteiger partial charge in [0.1, 0.15) is 0 Å². The number of aromatic nitrogens is 1. The van der Waals surface area contributed by atoms with Crippen LogP contribution in [0.2, 0.25) is 0 Å². The number of carboxylic acids is 1. The van der Waals surface area contributed by atoms with Gasteiger partial charge in [-0.1, -0.05) is 58.0 Å². The summed E-state index contributed by atoms with van der Waals surface area (Å²) in [4.78, 5) is 17.7. The molecule has 4 aromatic rings. The number of thiophene rings is 1. The number of carboxylic acid groups (broad SMARTS) is 1. The largest absolute Gasteiger partial charge is 0.481 e. The monoisotopic (exact) mass is 499 g/mol. The van der Waals surface area contributed by atoms with E-state index in [0.717, 1.165) is 27.1 Å². The molecule has 0 saturated carbocycles. The van der Waals surface area contributed by atoms with E-state index in [2.05, 4.69) is 0 Å². The van der Waals surface area contributed by atoms with E-state index in [0.29, 0.717) is 28.9 Å². The summed E-state index contributed by atoms with van der Waals surface area (Å²) in [6, 6.07) is 18.2. The minimum absolute atomic E-state index is 0.154. The lowest BCUT2D eigenvalue weighted by Gasteiger charge is -2.17. The average Bonchev–Trinajstić information content (AvgIpc) is 3.27. The predicted molar refractivity (Wildman–Crippen MR) is 137 cm³/mol. The Morgan fingerprint density at radius 1 is 0.971 bits per heavy atom.